The van der Waals surface area contributed by atoms with Gasteiger partial charge in [0.25, 0.3) is 0 Å². The second-order valence-corrected chi connectivity index (χ2v) is 12.8. The van der Waals surface area contributed by atoms with E-state index in [4.69, 9.17) is 9.97 Å². The van der Waals surface area contributed by atoms with Crippen LogP contribution in [0.5, 0.6) is 0 Å². The molecule has 3 aromatic heterocycles. The quantitative estimate of drug-likeness (QED) is 0.201. The minimum absolute atomic E-state index is 0.683. The van der Waals surface area contributed by atoms with Crippen LogP contribution >= 0.6 is 11.3 Å². The predicted octanol–water partition coefficient (Wildman–Crippen LogP) is 11.6. The fraction of sp³-hybridized carbons (Fsp3) is 0. The van der Waals surface area contributed by atoms with Gasteiger partial charge in [-0.05, 0) is 45.5 Å². The van der Waals surface area contributed by atoms with Gasteiger partial charge in [-0.25, -0.2) is 9.97 Å². The van der Waals surface area contributed by atoms with Gasteiger partial charge in [-0.3, -0.25) is 4.57 Å². The summed E-state index contributed by atoms with van der Waals surface area (Å²) in [6.07, 6.45) is 0. The maximum atomic E-state index is 5.49. The molecule has 0 spiro atoms. The molecule has 0 saturated heterocycles. The minimum atomic E-state index is 0.683. The van der Waals surface area contributed by atoms with E-state index in [2.05, 4.69) is 156 Å². The summed E-state index contributed by atoms with van der Waals surface area (Å²) in [5.74, 6) is 0.683. The Morgan fingerprint density at radius 1 is 0.478 bits per heavy atom. The van der Waals surface area contributed by atoms with E-state index in [1.807, 2.05) is 0 Å². The van der Waals surface area contributed by atoms with Crippen molar-refractivity contribution in [1.82, 2.24) is 14.5 Å². The molecule has 0 radical (unpaired) electrons. The number of hydrogen-bond acceptors (Lipinski definition) is 3. The van der Waals surface area contributed by atoms with Crippen molar-refractivity contribution in [3.05, 3.63) is 152 Å². The van der Waals surface area contributed by atoms with Gasteiger partial charge in [0.2, 0.25) is 5.95 Å². The molecule has 0 saturated carbocycles. The summed E-state index contributed by atoms with van der Waals surface area (Å²) in [4.78, 5) is 10.9. The first-order chi connectivity index (χ1) is 22.8. The lowest BCUT2D eigenvalue weighted by atomic mass is 10.0. The van der Waals surface area contributed by atoms with Crippen molar-refractivity contribution >= 4 is 75.0 Å². The molecular formula is C42H25N3S. The highest BCUT2D eigenvalue weighted by molar-refractivity contribution is 7.26. The second-order valence-electron chi connectivity index (χ2n) is 11.8. The Morgan fingerprint density at radius 2 is 1.15 bits per heavy atom. The lowest BCUT2D eigenvalue weighted by Gasteiger charge is -2.12. The molecule has 0 unspecified atom stereocenters. The number of thiophene rings is 1. The van der Waals surface area contributed by atoms with Crippen molar-refractivity contribution in [3.8, 4) is 28.3 Å². The molecule has 4 heteroatoms. The molecule has 0 amide bonds. The summed E-state index contributed by atoms with van der Waals surface area (Å²) >= 11 is 1.77. The van der Waals surface area contributed by atoms with Crippen LogP contribution in [0.15, 0.2) is 152 Å². The number of aromatic nitrogens is 3. The SMILES string of the molecule is c1ccc(-c2cccc(-c3nc(-n4c5ccc6ccccc6c5c5ccc6ccccc6c54)nc4c3sc3ccccc34)c2)cc1. The third-order valence-corrected chi connectivity index (χ3v) is 10.4. The highest BCUT2D eigenvalue weighted by Gasteiger charge is 2.22. The Labute approximate surface area is 268 Å². The summed E-state index contributed by atoms with van der Waals surface area (Å²) in [5.41, 5.74) is 7.61. The molecule has 0 N–H and O–H groups in total. The first kappa shape index (κ1) is 25.5. The van der Waals surface area contributed by atoms with Gasteiger partial charge in [0.05, 0.1) is 26.9 Å². The zero-order valence-corrected chi connectivity index (χ0v) is 25.5. The van der Waals surface area contributed by atoms with Crippen molar-refractivity contribution in [1.29, 1.82) is 0 Å². The topological polar surface area (TPSA) is 30.7 Å². The Kier molecular flexibility index (Phi) is 5.45. The zero-order valence-electron chi connectivity index (χ0n) is 24.7. The first-order valence-electron chi connectivity index (χ1n) is 15.5. The number of benzene rings is 7. The lowest BCUT2D eigenvalue weighted by molar-refractivity contribution is 1.02. The van der Waals surface area contributed by atoms with Crippen LogP contribution in [-0.2, 0) is 0 Å². The van der Waals surface area contributed by atoms with Gasteiger partial charge >= 0.3 is 0 Å². The summed E-state index contributed by atoms with van der Waals surface area (Å²) in [7, 11) is 0. The molecule has 7 aromatic carbocycles. The van der Waals surface area contributed by atoms with Gasteiger partial charge < -0.3 is 0 Å². The average molecular weight is 604 g/mol. The molecule has 0 atom stereocenters. The van der Waals surface area contributed by atoms with Crippen LogP contribution < -0.4 is 0 Å². The predicted molar refractivity (Wildman–Crippen MR) is 195 cm³/mol. The lowest BCUT2D eigenvalue weighted by Crippen LogP contribution is -2.03. The summed E-state index contributed by atoms with van der Waals surface area (Å²) in [5, 5.41) is 8.43. The standard InChI is InChI=1S/C42H25N3S/c1-2-11-26(12-3-1)29-15-10-16-30(25-29)38-41-39(33-19-8-9-20-36(33)46-41)44-42(43-38)45-35-24-22-27-13-4-6-17-31(27)37(35)34-23-21-28-14-5-7-18-32(28)40(34)45/h1-25H. The van der Waals surface area contributed by atoms with E-state index in [0.29, 0.717) is 5.95 Å². The number of nitrogens with zero attached hydrogens (tertiary/aromatic N) is 3. The van der Waals surface area contributed by atoms with E-state index >= 15 is 0 Å². The molecule has 0 fully saturated rings. The second kappa shape index (κ2) is 9.83. The van der Waals surface area contributed by atoms with Crippen LogP contribution in [0.2, 0.25) is 0 Å². The molecule has 3 nitrogen and oxygen atoms in total. The van der Waals surface area contributed by atoms with E-state index in [0.717, 1.165) is 37.9 Å². The molecule has 0 aliphatic carbocycles. The van der Waals surface area contributed by atoms with Gasteiger partial charge in [0.1, 0.15) is 0 Å². The van der Waals surface area contributed by atoms with E-state index in [1.165, 1.54) is 48.1 Å². The maximum Gasteiger partial charge on any atom is 0.235 e. The summed E-state index contributed by atoms with van der Waals surface area (Å²) in [6, 6.07) is 54.1. The van der Waals surface area contributed by atoms with E-state index in [-0.39, 0.29) is 0 Å². The Bertz CT molecular complexity index is 2810. The minimum Gasteiger partial charge on any atom is -0.277 e. The van der Waals surface area contributed by atoms with E-state index < -0.39 is 0 Å². The molecule has 3 heterocycles. The largest absolute Gasteiger partial charge is 0.277 e. The first-order valence-corrected chi connectivity index (χ1v) is 16.3. The monoisotopic (exact) mass is 603 g/mol. The molecule has 0 aliphatic heterocycles. The number of rotatable bonds is 3. The normalized spacial score (nSPS) is 11.9. The molecule has 0 aliphatic rings. The molecule has 10 aromatic rings. The van der Waals surface area contributed by atoms with Crippen LogP contribution in [-0.4, -0.2) is 14.5 Å². The van der Waals surface area contributed by atoms with Gasteiger partial charge in [-0.2, -0.15) is 0 Å². The summed E-state index contributed by atoms with van der Waals surface area (Å²) < 4.78 is 4.62. The van der Waals surface area contributed by atoms with Crippen LogP contribution in [0.4, 0.5) is 0 Å². The van der Waals surface area contributed by atoms with E-state index in [9.17, 15) is 0 Å². The van der Waals surface area contributed by atoms with Crippen LogP contribution in [0.3, 0.4) is 0 Å². The number of fused-ring (bicyclic) bond motifs is 10. The summed E-state index contributed by atoms with van der Waals surface area (Å²) in [6.45, 7) is 0. The molecule has 214 valence electrons. The fourth-order valence-corrected chi connectivity index (χ4v) is 8.26. The Hall–Kier alpha value is -5.84. The van der Waals surface area contributed by atoms with Crippen LogP contribution in [0, 0.1) is 0 Å². The fourth-order valence-electron chi connectivity index (χ4n) is 7.11. The smallest absolute Gasteiger partial charge is 0.235 e. The Balaban J connectivity index is 1.36. The highest BCUT2D eigenvalue weighted by Crippen LogP contribution is 2.43. The van der Waals surface area contributed by atoms with Crippen LogP contribution in [0.25, 0.3) is 92.0 Å². The maximum absolute atomic E-state index is 5.49. The molecule has 10 rings (SSSR count). The molecule has 0 bridgehead atoms. The van der Waals surface area contributed by atoms with Crippen molar-refractivity contribution in [2.24, 2.45) is 0 Å². The molecular weight excluding hydrogens is 579 g/mol. The van der Waals surface area contributed by atoms with Crippen molar-refractivity contribution in [2.75, 3.05) is 0 Å². The van der Waals surface area contributed by atoms with Gasteiger partial charge in [-0.15, -0.1) is 11.3 Å². The average Bonchev–Trinajstić information content (AvgIpc) is 3.68. The highest BCUT2D eigenvalue weighted by atomic mass is 32.1. The van der Waals surface area contributed by atoms with E-state index in [1.54, 1.807) is 11.3 Å². The van der Waals surface area contributed by atoms with Crippen molar-refractivity contribution < 1.29 is 0 Å². The third kappa shape index (κ3) is 3.71. The van der Waals surface area contributed by atoms with Gasteiger partial charge in [0, 0.05) is 31.8 Å². The van der Waals surface area contributed by atoms with Crippen LogP contribution in [0.1, 0.15) is 0 Å². The van der Waals surface area contributed by atoms with Gasteiger partial charge in [0.15, 0.2) is 0 Å². The van der Waals surface area contributed by atoms with Crippen molar-refractivity contribution in [3.63, 3.8) is 0 Å². The zero-order chi connectivity index (χ0) is 30.2. The van der Waals surface area contributed by atoms with Crippen molar-refractivity contribution in [2.45, 2.75) is 0 Å². The molecule has 46 heavy (non-hydrogen) atoms. The van der Waals surface area contributed by atoms with Gasteiger partial charge in [-0.1, -0.05) is 133 Å². The third-order valence-electron chi connectivity index (χ3n) is 9.19. The Morgan fingerprint density at radius 3 is 2.02 bits per heavy atom. The number of hydrogen-bond donors (Lipinski definition) is 0.